The van der Waals surface area contributed by atoms with Gasteiger partial charge in [-0.15, -0.1) is 0 Å². The van der Waals surface area contributed by atoms with E-state index in [4.69, 9.17) is 9.47 Å². The number of hydrogen-bond acceptors (Lipinski definition) is 6. The SMILES string of the molecule is C=CC(=O)C(C)(C=O)OC1CCC(OC(C)(C=O)C(=O)C=C)CC1. The average molecular weight is 336 g/mol. The Balaban J connectivity index is 2.64. The van der Waals surface area contributed by atoms with Gasteiger partial charge in [0.1, 0.15) is 0 Å². The second-order valence-corrected chi connectivity index (χ2v) is 6.22. The molecule has 0 amide bonds. The molecule has 1 aliphatic rings. The number of hydrogen-bond donors (Lipinski definition) is 0. The van der Waals surface area contributed by atoms with Crippen molar-refractivity contribution in [2.45, 2.75) is 62.9 Å². The quantitative estimate of drug-likeness (QED) is 0.343. The summed E-state index contributed by atoms with van der Waals surface area (Å²) in [5, 5.41) is 0. The normalized spacial score (nSPS) is 25.6. The molecule has 6 nitrogen and oxygen atoms in total. The van der Waals surface area contributed by atoms with E-state index in [1.165, 1.54) is 13.8 Å². The van der Waals surface area contributed by atoms with Crippen LogP contribution in [0.1, 0.15) is 39.5 Å². The minimum atomic E-state index is -1.53. The summed E-state index contributed by atoms with van der Waals surface area (Å²) >= 11 is 0. The van der Waals surface area contributed by atoms with Gasteiger partial charge >= 0.3 is 0 Å². The highest BCUT2D eigenvalue weighted by atomic mass is 16.5. The Morgan fingerprint density at radius 1 is 0.833 bits per heavy atom. The highest BCUT2D eigenvalue weighted by molar-refractivity contribution is 6.07. The van der Waals surface area contributed by atoms with E-state index in [0.717, 1.165) is 12.2 Å². The third kappa shape index (κ3) is 4.55. The van der Waals surface area contributed by atoms with Crippen LogP contribution in [0.5, 0.6) is 0 Å². The number of rotatable bonds is 10. The number of aldehydes is 2. The number of ketones is 2. The lowest BCUT2D eigenvalue weighted by Crippen LogP contribution is -2.46. The summed E-state index contributed by atoms with van der Waals surface area (Å²) in [4.78, 5) is 45.9. The van der Waals surface area contributed by atoms with Crippen molar-refractivity contribution in [2.75, 3.05) is 0 Å². The van der Waals surface area contributed by atoms with Crippen molar-refractivity contribution in [1.82, 2.24) is 0 Å². The van der Waals surface area contributed by atoms with Gasteiger partial charge in [0.2, 0.25) is 0 Å². The van der Waals surface area contributed by atoms with Crippen molar-refractivity contribution in [1.29, 1.82) is 0 Å². The molecule has 1 rings (SSSR count). The lowest BCUT2D eigenvalue weighted by atomic mass is 9.92. The number of carbonyl (C=O) groups excluding carboxylic acids is 4. The zero-order valence-electron chi connectivity index (χ0n) is 14.2. The molecule has 0 aromatic heterocycles. The van der Waals surface area contributed by atoms with Gasteiger partial charge in [-0.1, -0.05) is 13.2 Å². The molecule has 6 heteroatoms. The smallest absolute Gasteiger partial charge is 0.193 e. The zero-order chi connectivity index (χ0) is 18.4. The monoisotopic (exact) mass is 336 g/mol. The summed E-state index contributed by atoms with van der Waals surface area (Å²) in [6.45, 7) is 9.58. The zero-order valence-corrected chi connectivity index (χ0v) is 14.2. The van der Waals surface area contributed by atoms with Crippen molar-refractivity contribution in [3.63, 3.8) is 0 Å². The molecule has 132 valence electrons. The number of ether oxygens (including phenoxy) is 2. The summed E-state index contributed by atoms with van der Waals surface area (Å²) < 4.78 is 11.3. The van der Waals surface area contributed by atoms with E-state index in [0.29, 0.717) is 38.3 Å². The lowest BCUT2D eigenvalue weighted by Gasteiger charge is -2.35. The van der Waals surface area contributed by atoms with Crippen LogP contribution in [0.25, 0.3) is 0 Å². The van der Waals surface area contributed by atoms with E-state index in [2.05, 4.69) is 13.2 Å². The van der Waals surface area contributed by atoms with Crippen LogP contribution in [0.15, 0.2) is 25.3 Å². The van der Waals surface area contributed by atoms with Gasteiger partial charge in [0.05, 0.1) is 12.2 Å². The molecule has 0 radical (unpaired) electrons. The van der Waals surface area contributed by atoms with Crippen molar-refractivity contribution in [2.24, 2.45) is 0 Å². The molecule has 1 saturated carbocycles. The Bertz CT molecular complexity index is 484. The standard InChI is InChI=1S/C18H24O6/c1-5-15(21)17(3,11-19)23-13-7-9-14(10-8-13)24-18(4,12-20)16(22)6-2/h5-6,11-14H,1-2,7-10H2,3-4H3. The molecule has 0 aliphatic heterocycles. The first-order valence-electron chi connectivity index (χ1n) is 7.86. The molecule has 0 aromatic rings. The Hall–Kier alpha value is -1.92. The van der Waals surface area contributed by atoms with Crippen LogP contribution in [0, 0.1) is 0 Å². The summed E-state index contributed by atoms with van der Waals surface area (Å²) in [7, 11) is 0. The third-order valence-corrected chi connectivity index (χ3v) is 4.24. The van der Waals surface area contributed by atoms with Crippen LogP contribution in [-0.4, -0.2) is 47.5 Å². The van der Waals surface area contributed by atoms with E-state index in [1.807, 2.05) is 0 Å². The molecular formula is C18H24O6. The second-order valence-electron chi connectivity index (χ2n) is 6.22. The van der Waals surface area contributed by atoms with Crippen molar-refractivity contribution in [3.8, 4) is 0 Å². The van der Waals surface area contributed by atoms with Crippen molar-refractivity contribution < 1.29 is 28.7 Å². The predicted octanol–water partition coefficient (Wildman–Crippen LogP) is 1.76. The fourth-order valence-electron chi connectivity index (χ4n) is 2.65. The Morgan fingerprint density at radius 3 is 1.33 bits per heavy atom. The van der Waals surface area contributed by atoms with Gasteiger partial charge in [0, 0.05) is 0 Å². The van der Waals surface area contributed by atoms with Crippen LogP contribution in [0.2, 0.25) is 0 Å². The van der Waals surface area contributed by atoms with Gasteiger partial charge in [-0.3, -0.25) is 19.2 Å². The molecule has 1 fully saturated rings. The van der Waals surface area contributed by atoms with E-state index in [9.17, 15) is 19.2 Å². The van der Waals surface area contributed by atoms with Crippen LogP contribution < -0.4 is 0 Å². The van der Waals surface area contributed by atoms with Crippen molar-refractivity contribution >= 4 is 24.1 Å². The minimum absolute atomic E-state index is 0.276. The van der Waals surface area contributed by atoms with Crippen LogP contribution in [0.3, 0.4) is 0 Å². The van der Waals surface area contributed by atoms with E-state index < -0.39 is 22.8 Å². The second kappa shape index (κ2) is 8.26. The summed E-state index contributed by atoms with van der Waals surface area (Å²) in [6.07, 6.45) is 4.75. The fourth-order valence-corrected chi connectivity index (χ4v) is 2.65. The number of carbonyl (C=O) groups is 4. The molecule has 24 heavy (non-hydrogen) atoms. The van der Waals surface area contributed by atoms with Gasteiger partial charge < -0.3 is 9.47 Å². The molecule has 0 N–H and O–H groups in total. The predicted molar refractivity (Wildman–Crippen MR) is 87.6 cm³/mol. The van der Waals surface area contributed by atoms with Gasteiger partial charge in [-0.25, -0.2) is 0 Å². The lowest BCUT2D eigenvalue weighted by molar-refractivity contribution is -0.165. The van der Waals surface area contributed by atoms with E-state index in [1.54, 1.807) is 0 Å². The Morgan fingerprint density at radius 2 is 1.12 bits per heavy atom. The van der Waals surface area contributed by atoms with E-state index in [-0.39, 0.29) is 12.2 Å². The minimum Gasteiger partial charge on any atom is -0.356 e. The van der Waals surface area contributed by atoms with Gasteiger partial charge in [-0.2, -0.15) is 0 Å². The van der Waals surface area contributed by atoms with Gasteiger partial charge in [-0.05, 0) is 51.7 Å². The molecule has 0 heterocycles. The summed E-state index contributed by atoms with van der Waals surface area (Å²) in [6, 6.07) is 0. The van der Waals surface area contributed by atoms with Gasteiger partial charge in [0.15, 0.2) is 35.3 Å². The highest BCUT2D eigenvalue weighted by Crippen LogP contribution is 2.29. The molecule has 0 spiro atoms. The molecular weight excluding hydrogens is 312 g/mol. The first-order chi connectivity index (χ1) is 11.2. The maximum Gasteiger partial charge on any atom is 0.193 e. The van der Waals surface area contributed by atoms with Crippen LogP contribution >= 0.6 is 0 Å². The third-order valence-electron chi connectivity index (χ3n) is 4.24. The molecule has 0 aromatic carbocycles. The molecule has 0 saturated heterocycles. The van der Waals surface area contributed by atoms with Crippen molar-refractivity contribution in [3.05, 3.63) is 25.3 Å². The average Bonchev–Trinajstić information content (AvgIpc) is 2.61. The van der Waals surface area contributed by atoms with E-state index >= 15 is 0 Å². The maximum atomic E-state index is 11.8. The molecule has 0 bridgehead atoms. The maximum absolute atomic E-state index is 11.8. The van der Waals surface area contributed by atoms with Gasteiger partial charge in [0.25, 0.3) is 0 Å². The van der Waals surface area contributed by atoms with Crippen LogP contribution in [-0.2, 0) is 28.7 Å². The van der Waals surface area contributed by atoms with Crippen LogP contribution in [0.4, 0.5) is 0 Å². The summed E-state index contributed by atoms with van der Waals surface area (Å²) in [5.74, 6) is -0.970. The topological polar surface area (TPSA) is 86.7 Å². The Labute approximate surface area is 141 Å². The summed E-state index contributed by atoms with van der Waals surface area (Å²) in [5.41, 5.74) is -3.06. The first-order valence-corrected chi connectivity index (χ1v) is 7.86. The fraction of sp³-hybridized carbons (Fsp3) is 0.556. The molecule has 1 aliphatic carbocycles. The Kier molecular flexibility index (Phi) is 6.93. The molecule has 2 atom stereocenters. The molecule has 2 unspecified atom stereocenters. The largest absolute Gasteiger partial charge is 0.356 e. The first kappa shape index (κ1) is 20.1. The highest BCUT2D eigenvalue weighted by Gasteiger charge is 2.39.